The summed E-state index contributed by atoms with van der Waals surface area (Å²) in [4.78, 5) is 34.9. The number of nitrogens with two attached hydrogens (primary N) is 1. The van der Waals surface area contributed by atoms with Crippen LogP contribution in [0.5, 0.6) is 0 Å². The van der Waals surface area contributed by atoms with Crippen LogP contribution in [0.4, 0.5) is 0 Å². The van der Waals surface area contributed by atoms with Crippen LogP contribution in [0.1, 0.15) is 63.2 Å². The first-order valence-electron chi connectivity index (χ1n) is 13.0. The zero-order valence-electron chi connectivity index (χ0n) is 24.2. The van der Waals surface area contributed by atoms with Gasteiger partial charge < -0.3 is 10.6 Å². The molecule has 208 valence electrons. The molecule has 0 bridgehead atoms. The largest absolute Gasteiger partial charge is 0.387 e. The zero-order chi connectivity index (χ0) is 29.1. The van der Waals surface area contributed by atoms with Crippen LogP contribution in [0, 0.1) is 12.3 Å². The molecule has 10 nitrogen and oxygen atoms in total. The summed E-state index contributed by atoms with van der Waals surface area (Å²) in [6.45, 7) is 16.2. The molecule has 3 N–H and O–H groups in total. The van der Waals surface area contributed by atoms with Crippen molar-refractivity contribution in [1.29, 1.82) is 5.41 Å². The molecule has 1 amide bonds. The minimum absolute atomic E-state index is 0.0737. The van der Waals surface area contributed by atoms with Crippen molar-refractivity contribution in [2.75, 3.05) is 26.7 Å². The number of aromatic nitrogens is 3. The van der Waals surface area contributed by atoms with E-state index in [9.17, 15) is 9.59 Å². The predicted molar refractivity (Wildman–Crippen MR) is 156 cm³/mol. The number of imidazole rings is 1. The van der Waals surface area contributed by atoms with Gasteiger partial charge in [0.05, 0.1) is 17.7 Å². The first-order valence-corrected chi connectivity index (χ1v) is 13.0. The van der Waals surface area contributed by atoms with E-state index in [0.717, 1.165) is 35.3 Å². The number of hydrogen-bond donors (Lipinski definition) is 2. The van der Waals surface area contributed by atoms with Gasteiger partial charge in [-0.1, -0.05) is 50.6 Å². The van der Waals surface area contributed by atoms with E-state index in [1.54, 1.807) is 22.5 Å². The molecule has 3 aromatic rings. The molecule has 1 aromatic carbocycles. The van der Waals surface area contributed by atoms with E-state index in [2.05, 4.69) is 91.8 Å². The maximum atomic E-state index is 11.9. The number of nitrogens with zero attached hydrogens (tertiary/aromatic N) is 6. The number of carbonyl (C=O) groups is 2. The van der Waals surface area contributed by atoms with Gasteiger partial charge in [-0.15, -0.1) is 0 Å². The number of hydrogen-bond acceptors (Lipinski definition) is 6. The van der Waals surface area contributed by atoms with Crippen molar-refractivity contribution in [2.24, 2.45) is 10.7 Å². The van der Waals surface area contributed by atoms with E-state index < -0.39 is 0 Å². The fourth-order valence-electron chi connectivity index (χ4n) is 4.26. The Kier molecular flexibility index (Phi) is 8.70. The average molecular weight is 533 g/mol. The maximum Gasteiger partial charge on any atom is 0.291 e. The maximum absolute atomic E-state index is 11.9. The normalized spacial score (nSPS) is 16.0. The van der Waals surface area contributed by atoms with Gasteiger partial charge in [0.25, 0.3) is 5.91 Å². The van der Waals surface area contributed by atoms with E-state index >= 15 is 0 Å². The van der Waals surface area contributed by atoms with E-state index in [1.807, 2.05) is 7.05 Å². The van der Waals surface area contributed by atoms with Crippen molar-refractivity contribution in [1.82, 2.24) is 24.4 Å². The van der Waals surface area contributed by atoms with E-state index in [1.165, 1.54) is 5.56 Å². The van der Waals surface area contributed by atoms with Gasteiger partial charge in [0.1, 0.15) is 5.69 Å². The molecule has 1 aliphatic heterocycles. The van der Waals surface area contributed by atoms with Crippen molar-refractivity contribution < 1.29 is 9.59 Å². The SMILES string of the molecule is CC(N)=NC(=N)C(=O)N1CCN(C)C(C)(C)C1.Cc1ccc(-c2cc(C(C)(C)C)c3nc(C=O)cn3n2)cc1. The summed E-state index contributed by atoms with van der Waals surface area (Å²) >= 11 is 0. The smallest absolute Gasteiger partial charge is 0.291 e. The van der Waals surface area contributed by atoms with Crippen molar-refractivity contribution in [3.05, 3.63) is 53.3 Å². The number of aldehydes is 1. The third-order valence-electron chi connectivity index (χ3n) is 6.81. The lowest BCUT2D eigenvalue weighted by Crippen LogP contribution is -2.59. The van der Waals surface area contributed by atoms with Crippen molar-refractivity contribution in [2.45, 2.75) is 59.4 Å². The Labute approximate surface area is 230 Å². The molecule has 0 unspecified atom stereocenters. The summed E-state index contributed by atoms with van der Waals surface area (Å²) in [6, 6.07) is 10.3. The minimum Gasteiger partial charge on any atom is -0.387 e. The van der Waals surface area contributed by atoms with Gasteiger partial charge in [0.2, 0.25) is 5.84 Å². The van der Waals surface area contributed by atoms with E-state index in [4.69, 9.17) is 11.1 Å². The summed E-state index contributed by atoms with van der Waals surface area (Å²) in [6.07, 6.45) is 2.43. The lowest BCUT2D eigenvalue weighted by Gasteiger charge is -2.45. The Morgan fingerprint density at radius 3 is 2.36 bits per heavy atom. The first kappa shape index (κ1) is 29.6. The van der Waals surface area contributed by atoms with Crippen LogP contribution in [0.15, 0.2) is 41.5 Å². The Morgan fingerprint density at radius 1 is 1.18 bits per heavy atom. The zero-order valence-corrected chi connectivity index (χ0v) is 24.2. The molecule has 3 heterocycles. The average Bonchev–Trinajstić information content (AvgIpc) is 3.27. The second-order valence-corrected chi connectivity index (χ2v) is 11.7. The molecule has 1 saturated heterocycles. The van der Waals surface area contributed by atoms with Crippen molar-refractivity contribution >= 4 is 29.5 Å². The molecule has 0 aliphatic carbocycles. The molecule has 0 radical (unpaired) electrons. The number of amides is 1. The lowest BCUT2D eigenvalue weighted by atomic mass is 9.87. The third kappa shape index (κ3) is 7.14. The summed E-state index contributed by atoms with van der Waals surface area (Å²) in [5, 5.41) is 12.2. The van der Waals surface area contributed by atoms with Crippen LogP contribution in [0.3, 0.4) is 0 Å². The molecular weight excluding hydrogens is 492 g/mol. The number of aryl methyl sites for hydroxylation is 1. The van der Waals surface area contributed by atoms with Crippen LogP contribution >= 0.6 is 0 Å². The molecule has 0 saturated carbocycles. The van der Waals surface area contributed by atoms with Gasteiger partial charge in [-0.05, 0) is 46.2 Å². The highest BCUT2D eigenvalue weighted by atomic mass is 16.2. The van der Waals surface area contributed by atoms with Gasteiger partial charge >= 0.3 is 0 Å². The second kappa shape index (κ2) is 11.4. The van der Waals surface area contributed by atoms with Crippen LogP contribution in [-0.2, 0) is 10.2 Å². The number of fused-ring (bicyclic) bond motifs is 1. The van der Waals surface area contributed by atoms with Crippen molar-refractivity contribution in [3.8, 4) is 11.3 Å². The number of likely N-dealkylation sites (N-methyl/N-ethyl adjacent to an activating group) is 1. The number of aliphatic imine (C=N–C) groups is 1. The van der Waals surface area contributed by atoms with Crippen molar-refractivity contribution in [3.63, 3.8) is 0 Å². The van der Waals surface area contributed by atoms with Crippen LogP contribution in [-0.4, -0.2) is 80.5 Å². The van der Waals surface area contributed by atoms with Crippen LogP contribution in [0.25, 0.3) is 16.9 Å². The van der Waals surface area contributed by atoms with Gasteiger partial charge in [-0.3, -0.25) is 19.9 Å². The number of piperazine rings is 1. The van der Waals surface area contributed by atoms with Gasteiger partial charge in [0, 0.05) is 36.3 Å². The highest BCUT2D eigenvalue weighted by Crippen LogP contribution is 2.29. The second-order valence-electron chi connectivity index (χ2n) is 11.7. The molecule has 1 aliphatic rings. The lowest BCUT2D eigenvalue weighted by molar-refractivity contribution is -0.128. The van der Waals surface area contributed by atoms with Gasteiger partial charge in [0.15, 0.2) is 11.9 Å². The summed E-state index contributed by atoms with van der Waals surface area (Å²) in [5.41, 5.74) is 10.6. The van der Waals surface area contributed by atoms with Crippen LogP contribution < -0.4 is 5.73 Å². The van der Waals surface area contributed by atoms with Gasteiger partial charge in [-0.25, -0.2) is 14.5 Å². The number of benzene rings is 1. The summed E-state index contributed by atoms with van der Waals surface area (Å²) < 4.78 is 1.71. The summed E-state index contributed by atoms with van der Waals surface area (Å²) in [7, 11) is 2.04. The highest BCUT2D eigenvalue weighted by Gasteiger charge is 2.34. The van der Waals surface area contributed by atoms with Gasteiger partial charge in [-0.2, -0.15) is 5.10 Å². The molecule has 2 aromatic heterocycles. The molecular formula is C29H40N8O2. The third-order valence-corrected chi connectivity index (χ3v) is 6.81. The minimum atomic E-state index is -0.351. The Bertz CT molecular complexity index is 1390. The molecule has 39 heavy (non-hydrogen) atoms. The predicted octanol–water partition coefficient (Wildman–Crippen LogP) is 3.71. The molecule has 1 fully saturated rings. The topological polar surface area (TPSA) is 133 Å². The number of nitrogens with one attached hydrogen (secondary N) is 1. The molecule has 0 spiro atoms. The Balaban J connectivity index is 0.000000224. The fraction of sp³-hybridized carbons (Fsp3) is 0.448. The number of amidine groups is 2. The Morgan fingerprint density at radius 2 is 1.82 bits per heavy atom. The molecule has 10 heteroatoms. The molecule has 4 rings (SSSR count). The van der Waals surface area contributed by atoms with Crippen LogP contribution in [0.2, 0.25) is 0 Å². The van der Waals surface area contributed by atoms with E-state index in [-0.39, 0.29) is 28.5 Å². The molecule has 0 atom stereocenters. The monoisotopic (exact) mass is 532 g/mol. The highest BCUT2D eigenvalue weighted by molar-refractivity contribution is 6.38. The first-order chi connectivity index (χ1) is 18.1. The Hall–Kier alpha value is -3.92. The fourth-order valence-corrected chi connectivity index (χ4v) is 4.26. The standard InChI is InChI=1S/C18H19N3O.C11H21N5O/c1-12-5-7-13(8-6-12)16-9-15(18(2,3)4)17-19-14(11-22)10-21(17)20-16;1-8(12)14-9(13)10(17)16-6-5-15(4)11(2,3)7-16/h5-11H,1-4H3;5-7H2,1-4H3,(H3,12,13,14). The van der Waals surface area contributed by atoms with E-state index in [0.29, 0.717) is 18.8 Å². The number of carbonyl (C=O) groups excluding carboxylic acids is 2. The quantitative estimate of drug-likeness (QED) is 0.294. The summed E-state index contributed by atoms with van der Waals surface area (Å²) in [5.74, 6) is -0.405. The number of rotatable bonds is 2.